The fourth-order valence-electron chi connectivity index (χ4n) is 2.73. The van der Waals surface area contributed by atoms with Gasteiger partial charge in [0.25, 0.3) is 5.92 Å². The lowest BCUT2D eigenvalue weighted by atomic mass is 9.71. The van der Waals surface area contributed by atoms with Crippen LogP contribution in [0.25, 0.3) is 0 Å². The molecule has 0 bridgehead atoms. The lowest BCUT2D eigenvalue weighted by Gasteiger charge is -2.46. The Morgan fingerprint density at radius 3 is 2.05 bits per heavy atom. The molecule has 118 valence electrons. The molecule has 7 heteroatoms. The first-order valence-electron chi connectivity index (χ1n) is 6.62. The van der Waals surface area contributed by atoms with E-state index in [2.05, 4.69) is 11.9 Å². The van der Waals surface area contributed by atoms with Crippen LogP contribution in [0.1, 0.15) is 26.7 Å². The van der Waals surface area contributed by atoms with Crippen molar-refractivity contribution in [2.45, 2.75) is 38.8 Å². The standard InChI is InChI=1S/C13H21F5N2/c1-4-19-10(2)12(11(3,14)15)5-7-20(8-6-12)9-13(16,17)18/h19H,2,4-9H2,1,3H3. The van der Waals surface area contributed by atoms with Gasteiger partial charge in [0.2, 0.25) is 0 Å². The third-order valence-electron chi connectivity index (χ3n) is 3.92. The summed E-state index contributed by atoms with van der Waals surface area (Å²) in [6, 6.07) is 0. The third kappa shape index (κ3) is 3.84. The van der Waals surface area contributed by atoms with Gasteiger partial charge in [-0.25, -0.2) is 8.78 Å². The molecule has 0 spiro atoms. The highest BCUT2D eigenvalue weighted by atomic mass is 19.4. The third-order valence-corrected chi connectivity index (χ3v) is 3.92. The summed E-state index contributed by atoms with van der Waals surface area (Å²) in [6.07, 6.45) is -4.36. The van der Waals surface area contributed by atoms with Crippen LogP contribution in [-0.4, -0.2) is 43.2 Å². The Labute approximate surface area is 116 Å². The average Bonchev–Trinajstić information content (AvgIpc) is 2.26. The summed E-state index contributed by atoms with van der Waals surface area (Å²) in [5.74, 6) is -3.02. The molecule has 1 aliphatic heterocycles. The maximum absolute atomic E-state index is 14.0. The lowest BCUT2D eigenvalue weighted by molar-refractivity contribution is -0.161. The predicted molar refractivity (Wildman–Crippen MR) is 67.6 cm³/mol. The van der Waals surface area contributed by atoms with Crippen molar-refractivity contribution in [3.05, 3.63) is 12.3 Å². The molecular weight excluding hydrogens is 279 g/mol. The maximum Gasteiger partial charge on any atom is 0.401 e. The van der Waals surface area contributed by atoms with Crippen molar-refractivity contribution in [3.63, 3.8) is 0 Å². The van der Waals surface area contributed by atoms with Crippen LogP contribution in [0.3, 0.4) is 0 Å². The number of alkyl halides is 5. The molecule has 0 aromatic heterocycles. The van der Waals surface area contributed by atoms with Crippen LogP contribution in [-0.2, 0) is 0 Å². The van der Waals surface area contributed by atoms with Gasteiger partial charge in [-0.05, 0) is 32.9 Å². The van der Waals surface area contributed by atoms with E-state index in [1.807, 2.05) is 0 Å². The molecule has 0 aromatic rings. The van der Waals surface area contributed by atoms with E-state index < -0.39 is 24.1 Å². The Kier molecular flexibility index (Phi) is 5.05. The first kappa shape index (κ1) is 17.2. The van der Waals surface area contributed by atoms with Crippen molar-refractivity contribution < 1.29 is 22.0 Å². The fraction of sp³-hybridized carbons (Fsp3) is 0.846. The van der Waals surface area contributed by atoms with Crippen LogP contribution in [0, 0.1) is 5.41 Å². The van der Waals surface area contributed by atoms with E-state index in [9.17, 15) is 22.0 Å². The molecule has 0 saturated carbocycles. The van der Waals surface area contributed by atoms with Crippen molar-refractivity contribution in [2.75, 3.05) is 26.2 Å². The van der Waals surface area contributed by atoms with Gasteiger partial charge in [-0.2, -0.15) is 13.2 Å². The van der Waals surface area contributed by atoms with E-state index in [0.29, 0.717) is 6.54 Å². The summed E-state index contributed by atoms with van der Waals surface area (Å²) in [6.45, 7) is 5.66. The second-order valence-electron chi connectivity index (χ2n) is 5.37. The van der Waals surface area contributed by atoms with Crippen LogP contribution in [0.5, 0.6) is 0 Å². The zero-order valence-electron chi connectivity index (χ0n) is 11.8. The largest absolute Gasteiger partial charge is 0.401 e. The number of likely N-dealkylation sites (tertiary alicyclic amines) is 1. The highest BCUT2D eigenvalue weighted by molar-refractivity contribution is 5.15. The van der Waals surface area contributed by atoms with Gasteiger partial charge in [-0.1, -0.05) is 6.58 Å². The summed E-state index contributed by atoms with van der Waals surface area (Å²) >= 11 is 0. The number of nitrogens with one attached hydrogen (secondary N) is 1. The van der Waals surface area contributed by atoms with E-state index in [-0.39, 0.29) is 31.6 Å². The number of piperidine rings is 1. The van der Waals surface area contributed by atoms with Gasteiger partial charge in [-0.15, -0.1) is 0 Å². The lowest BCUT2D eigenvalue weighted by Crippen LogP contribution is -2.53. The molecule has 1 N–H and O–H groups in total. The molecule has 1 aliphatic rings. The number of allylic oxidation sites excluding steroid dienone is 1. The fourth-order valence-corrected chi connectivity index (χ4v) is 2.73. The number of hydrogen-bond donors (Lipinski definition) is 1. The first-order valence-corrected chi connectivity index (χ1v) is 6.62. The van der Waals surface area contributed by atoms with E-state index in [1.54, 1.807) is 6.92 Å². The van der Waals surface area contributed by atoms with Crippen LogP contribution < -0.4 is 5.32 Å². The van der Waals surface area contributed by atoms with Gasteiger partial charge >= 0.3 is 6.18 Å². The molecule has 1 saturated heterocycles. The zero-order valence-corrected chi connectivity index (χ0v) is 11.8. The minimum Gasteiger partial charge on any atom is -0.388 e. The number of halogens is 5. The van der Waals surface area contributed by atoms with Crippen molar-refractivity contribution in [1.82, 2.24) is 10.2 Å². The number of rotatable bonds is 5. The second-order valence-corrected chi connectivity index (χ2v) is 5.37. The summed E-state index contributed by atoms with van der Waals surface area (Å²) < 4.78 is 64.9. The molecule has 0 atom stereocenters. The van der Waals surface area contributed by atoms with Gasteiger partial charge in [0.1, 0.15) is 0 Å². The molecule has 1 heterocycles. The molecule has 0 amide bonds. The predicted octanol–water partition coefficient (Wildman–Crippen LogP) is 3.41. The van der Waals surface area contributed by atoms with Gasteiger partial charge in [0, 0.05) is 19.2 Å². The van der Waals surface area contributed by atoms with E-state index >= 15 is 0 Å². The minimum absolute atomic E-state index is 0.00659. The SMILES string of the molecule is C=C(NCC)C1(C(C)(F)F)CCN(CC(F)(F)F)CC1. The molecule has 1 fully saturated rings. The summed E-state index contributed by atoms with van der Waals surface area (Å²) in [4.78, 5) is 1.17. The average molecular weight is 300 g/mol. The Bertz CT molecular complexity index is 338. The molecule has 0 radical (unpaired) electrons. The summed E-state index contributed by atoms with van der Waals surface area (Å²) in [5, 5.41) is 2.81. The quantitative estimate of drug-likeness (QED) is 0.783. The molecule has 0 aliphatic carbocycles. The molecule has 0 aromatic carbocycles. The normalized spacial score (nSPS) is 20.8. The van der Waals surface area contributed by atoms with Crippen LogP contribution in [0.2, 0.25) is 0 Å². The topological polar surface area (TPSA) is 15.3 Å². The monoisotopic (exact) mass is 300 g/mol. The highest BCUT2D eigenvalue weighted by Crippen LogP contribution is 2.49. The summed E-state index contributed by atoms with van der Waals surface area (Å²) in [5.41, 5.74) is -1.25. The van der Waals surface area contributed by atoms with Gasteiger partial charge in [0.05, 0.1) is 12.0 Å². The Morgan fingerprint density at radius 1 is 1.20 bits per heavy atom. The second kappa shape index (κ2) is 5.87. The smallest absolute Gasteiger partial charge is 0.388 e. The Balaban J connectivity index is 2.80. The molecule has 0 unspecified atom stereocenters. The highest BCUT2D eigenvalue weighted by Gasteiger charge is 2.53. The van der Waals surface area contributed by atoms with Gasteiger partial charge < -0.3 is 5.32 Å². The van der Waals surface area contributed by atoms with Crippen LogP contribution >= 0.6 is 0 Å². The Hall–Kier alpha value is -0.850. The number of hydrogen-bond acceptors (Lipinski definition) is 2. The molecule has 2 nitrogen and oxygen atoms in total. The van der Waals surface area contributed by atoms with Gasteiger partial charge in [0.15, 0.2) is 0 Å². The van der Waals surface area contributed by atoms with Crippen molar-refractivity contribution in [3.8, 4) is 0 Å². The molecule has 20 heavy (non-hydrogen) atoms. The zero-order chi connectivity index (χ0) is 15.6. The van der Waals surface area contributed by atoms with Crippen LogP contribution in [0.4, 0.5) is 22.0 Å². The van der Waals surface area contributed by atoms with E-state index in [4.69, 9.17) is 0 Å². The van der Waals surface area contributed by atoms with E-state index in [0.717, 1.165) is 6.92 Å². The minimum atomic E-state index is -4.30. The van der Waals surface area contributed by atoms with Crippen molar-refractivity contribution in [2.24, 2.45) is 5.41 Å². The Morgan fingerprint density at radius 2 is 1.70 bits per heavy atom. The van der Waals surface area contributed by atoms with Crippen molar-refractivity contribution >= 4 is 0 Å². The van der Waals surface area contributed by atoms with Crippen LogP contribution in [0.15, 0.2) is 12.3 Å². The first-order chi connectivity index (χ1) is 9.02. The van der Waals surface area contributed by atoms with E-state index in [1.165, 1.54) is 4.90 Å². The summed E-state index contributed by atoms with van der Waals surface area (Å²) in [7, 11) is 0. The molecular formula is C13H21F5N2. The molecule has 1 rings (SSSR count). The maximum atomic E-state index is 14.0. The van der Waals surface area contributed by atoms with Crippen molar-refractivity contribution in [1.29, 1.82) is 0 Å². The van der Waals surface area contributed by atoms with Gasteiger partial charge in [-0.3, -0.25) is 4.90 Å². The number of nitrogens with zero attached hydrogens (tertiary/aromatic N) is 1.